The van der Waals surface area contributed by atoms with E-state index in [1.54, 1.807) is 42.7 Å². The summed E-state index contributed by atoms with van der Waals surface area (Å²) in [5, 5.41) is 12.4. The summed E-state index contributed by atoms with van der Waals surface area (Å²) in [6.45, 7) is 5.16. The van der Waals surface area contributed by atoms with Gasteiger partial charge >= 0.3 is 5.97 Å². The zero-order chi connectivity index (χ0) is 25.5. The summed E-state index contributed by atoms with van der Waals surface area (Å²) in [6, 6.07) is 15.6. The van der Waals surface area contributed by atoms with Gasteiger partial charge in [-0.1, -0.05) is 18.2 Å². The van der Waals surface area contributed by atoms with E-state index < -0.39 is 17.8 Å². The Labute approximate surface area is 209 Å². The van der Waals surface area contributed by atoms with Crippen molar-refractivity contribution in [1.29, 1.82) is 0 Å². The second-order valence-corrected chi connectivity index (χ2v) is 8.92. The molecule has 0 aliphatic heterocycles. The predicted molar refractivity (Wildman–Crippen MR) is 136 cm³/mol. The molecule has 1 heterocycles. The molecule has 3 aromatic rings. The van der Waals surface area contributed by atoms with E-state index in [2.05, 4.69) is 26.8 Å². The van der Waals surface area contributed by atoms with Crippen LogP contribution < -0.4 is 5.32 Å². The van der Waals surface area contributed by atoms with Gasteiger partial charge in [0.15, 0.2) is 5.82 Å². The highest BCUT2D eigenvalue weighted by Crippen LogP contribution is 2.44. The monoisotopic (exact) mass is 488 g/mol. The number of aliphatic carboxylic acids is 1. The molecule has 0 spiro atoms. The molecule has 186 valence electrons. The number of nitrogens with one attached hydrogen (secondary N) is 1. The minimum atomic E-state index is -1.15. The van der Waals surface area contributed by atoms with Gasteiger partial charge in [-0.3, -0.25) is 14.5 Å². The smallest absolute Gasteiger partial charge is 0.316 e. The number of amides is 1. The molecule has 1 aromatic heterocycles. The van der Waals surface area contributed by atoms with Gasteiger partial charge in [-0.2, -0.15) is 0 Å². The standard InChI is InChI=1S/C28H29FN4O3/c1-2-16-33(25-18-24(25)19-6-10-21(29)11-7-19)17-3-5-23(28(35)36)27(34)32-22-12-8-20(9-13-22)26-30-14-4-15-31-26/h2,4,6-15,23-25H,1,3,5,16-18H2,(H,32,34)(H,35,36)/t23-,24-,25+/m0/s1. The number of carboxylic acid groups (broad SMARTS) is 1. The molecule has 1 aliphatic carbocycles. The van der Waals surface area contributed by atoms with Crippen LogP contribution in [0.15, 0.2) is 79.6 Å². The highest BCUT2D eigenvalue weighted by Gasteiger charge is 2.42. The highest BCUT2D eigenvalue weighted by atomic mass is 19.1. The molecule has 1 aliphatic rings. The molecule has 0 saturated heterocycles. The Bertz CT molecular complexity index is 1190. The van der Waals surface area contributed by atoms with Crippen molar-refractivity contribution in [2.24, 2.45) is 5.92 Å². The molecule has 8 heteroatoms. The molecule has 0 unspecified atom stereocenters. The van der Waals surface area contributed by atoms with Crippen molar-refractivity contribution in [1.82, 2.24) is 14.9 Å². The van der Waals surface area contributed by atoms with Gasteiger partial charge in [0.25, 0.3) is 0 Å². The Kier molecular flexibility index (Phi) is 8.17. The number of carboxylic acids is 1. The third kappa shape index (κ3) is 6.40. The van der Waals surface area contributed by atoms with Crippen molar-refractivity contribution < 1.29 is 19.1 Å². The lowest BCUT2D eigenvalue weighted by molar-refractivity contribution is -0.145. The van der Waals surface area contributed by atoms with Crippen LogP contribution in [0.3, 0.4) is 0 Å². The lowest BCUT2D eigenvalue weighted by Gasteiger charge is -2.22. The first kappa shape index (κ1) is 25.2. The van der Waals surface area contributed by atoms with Crippen molar-refractivity contribution in [3.8, 4) is 11.4 Å². The van der Waals surface area contributed by atoms with Crippen molar-refractivity contribution >= 4 is 17.6 Å². The quantitative estimate of drug-likeness (QED) is 0.282. The normalized spacial score (nSPS) is 17.4. The summed E-state index contributed by atoms with van der Waals surface area (Å²) in [5.41, 5.74) is 2.41. The number of aromatic nitrogens is 2. The number of carbonyl (C=O) groups is 2. The second kappa shape index (κ2) is 11.7. The Hall–Kier alpha value is -3.91. The number of nitrogens with zero attached hydrogens (tertiary/aromatic N) is 3. The van der Waals surface area contributed by atoms with Crippen LogP contribution in [-0.2, 0) is 9.59 Å². The molecule has 0 bridgehead atoms. The molecule has 1 saturated carbocycles. The van der Waals surface area contributed by atoms with Crippen LogP contribution in [-0.4, -0.2) is 51.0 Å². The average Bonchev–Trinajstić information content (AvgIpc) is 3.68. The van der Waals surface area contributed by atoms with Gasteiger partial charge in [-0.15, -0.1) is 6.58 Å². The zero-order valence-electron chi connectivity index (χ0n) is 19.9. The van der Waals surface area contributed by atoms with Crippen molar-refractivity contribution in [2.75, 3.05) is 18.4 Å². The third-order valence-electron chi connectivity index (χ3n) is 6.42. The molecule has 36 heavy (non-hydrogen) atoms. The number of benzene rings is 2. The first-order valence-corrected chi connectivity index (χ1v) is 12.0. The van der Waals surface area contributed by atoms with Gasteiger partial charge in [0.1, 0.15) is 11.7 Å². The fourth-order valence-corrected chi connectivity index (χ4v) is 4.46. The zero-order valence-corrected chi connectivity index (χ0v) is 19.9. The Morgan fingerprint density at radius 3 is 2.47 bits per heavy atom. The number of carbonyl (C=O) groups excluding carboxylic acids is 1. The maximum atomic E-state index is 13.2. The molecular weight excluding hydrogens is 459 g/mol. The minimum Gasteiger partial charge on any atom is -0.481 e. The average molecular weight is 489 g/mol. The van der Waals surface area contributed by atoms with Gasteiger partial charge < -0.3 is 10.4 Å². The molecule has 4 rings (SSSR count). The van der Waals surface area contributed by atoms with E-state index >= 15 is 0 Å². The van der Waals surface area contributed by atoms with Crippen LogP contribution >= 0.6 is 0 Å². The van der Waals surface area contributed by atoms with Crippen LogP contribution in [0.1, 0.15) is 30.7 Å². The van der Waals surface area contributed by atoms with Crippen LogP contribution in [0.5, 0.6) is 0 Å². The number of anilines is 1. The maximum Gasteiger partial charge on any atom is 0.316 e. The van der Waals surface area contributed by atoms with Gasteiger partial charge in [-0.25, -0.2) is 14.4 Å². The molecule has 1 amide bonds. The Morgan fingerprint density at radius 1 is 1.14 bits per heavy atom. The lowest BCUT2D eigenvalue weighted by atomic mass is 10.0. The minimum absolute atomic E-state index is 0.221. The van der Waals surface area contributed by atoms with Crippen molar-refractivity contribution in [2.45, 2.75) is 31.2 Å². The van der Waals surface area contributed by atoms with Gasteiger partial charge in [0.2, 0.25) is 5.91 Å². The first-order chi connectivity index (χ1) is 17.5. The molecular formula is C28H29FN4O3. The fourth-order valence-electron chi connectivity index (χ4n) is 4.46. The predicted octanol–water partition coefficient (Wildman–Crippen LogP) is 4.75. The molecule has 0 radical (unpaired) electrons. The van der Waals surface area contributed by atoms with Crippen LogP contribution in [0, 0.1) is 11.7 Å². The summed E-state index contributed by atoms with van der Waals surface area (Å²) in [6.07, 6.45) is 6.86. The third-order valence-corrected chi connectivity index (χ3v) is 6.42. The SMILES string of the molecule is C=CCN(CCC[C@H](C(=O)O)C(=O)Nc1ccc(-c2ncccn2)cc1)[C@@H]1C[C@H]1c1ccc(F)cc1. The Morgan fingerprint density at radius 2 is 1.83 bits per heavy atom. The van der Waals surface area contributed by atoms with Crippen LogP contribution in [0.2, 0.25) is 0 Å². The maximum absolute atomic E-state index is 13.2. The topological polar surface area (TPSA) is 95.4 Å². The van der Waals surface area contributed by atoms with E-state index in [-0.39, 0.29) is 12.2 Å². The number of rotatable bonds is 12. The summed E-state index contributed by atoms with van der Waals surface area (Å²) in [7, 11) is 0. The molecule has 1 fully saturated rings. The first-order valence-electron chi connectivity index (χ1n) is 12.0. The lowest BCUT2D eigenvalue weighted by Crippen LogP contribution is -2.32. The van der Waals surface area contributed by atoms with Crippen LogP contribution in [0.4, 0.5) is 10.1 Å². The number of hydrogen-bond acceptors (Lipinski definition) is 5. The largest absolute Gasteiger partial charge is 0.481 e. The van der Waals surface area contributed by atoms with E-state index in [1.165, 1.54) is 12.1 Å². The molecule has 7 nitrogen and oxygen atoms in total. The van der Waals surface area contributed by atoms with E-state index in [1.807, 2.05) is 18.2 Å². The molecule has 2 N–H and O–H groups in total. The van der Waals surface area contributed by atoms with Gasteiger partial charge in [0.05, 0.1) is 0 Å². The van der Waals surface area contributed by atoms with Gasteiger partial charge in [0, 0.05) is 42.1 Å². The highest BCUT2D eigenvalue weighted by molar-refractivity contribution is 6.04. The molecule has 2 aromatic carbocycles. The fraction of sp³-hybridized carbons (Fsp3) is 0.286. The summed E-state index contributed by atoms with van der Waals surface area (Å²) >= 11 is 0. The summed E-state index contributed by atoms with van der Waals surface area (Å²) < 4.78 is 13.2. The van der Waals surface area contributed by atoms with E-state index in [4.69, 9.17) is 0 Å². The van der Waals surface area contributed by atoms with Crippen molar-refractivity contribution in [3.05, 3.63) is 91.0 Å². The van der Waals surface area contributed by atoms with Crippen LogP contribution in [0.25, 0.3) is 11.4 Å². The Balaban J connectivity index is 1.31. The van der Waals surface area contributed by atoms with Crippen molar-refractivity contribution in [3.63, 3.8) is 0 Å². The van der Waals surface area contributed by atoms with E-state index in [0.717, 1.165) is 17.5 Å². The number of halogens is 1. The summed E-state index contributed by atoms with van der Waals surface area (Å²) in [5.74, 6) is -2.20. The number of hydrogen-bond donors (Lipinski definition) is 2. The van der Waals surface area contributed by atoms with E-state index in [0.29, 0.717) is 43.0 Å². The summed E-state index contributed by atoms with van der Waals surface area (Å²) in [4.78, 5) is 35.2. The molecule has 3 atom stereocenters. The van der Waals surface area contributed by atoms with E-state index in [9.17, 15) is 19.1 Å². The second-order valence-electron chi connectivity index (χ2n) is 8.92. The van der Waals surface area contributed by atoms with Gasteiger partial charge in [-0.05, 0) is 73.8 Å².